The van der Waals surface area contributed by atoms with Crippen LogP contribution in [0.5, 0.6) is 0 Å². The number of aliphatic hydroxyl groups is 1. The third-order valence-electron chi connectivity index (χ3n) is 2.95. The molecule has 2 atom stereocenters. The molecule has 0 aliphatic heterocycles. The standard InChI is InChI=1S/C10H22O3S/c1-6-7-8(2)9(11)10(3,4)14(5,12)13/h8-9,11H,6-7H2,1-5H3. The molecule has 0 rings (SSSR count). The van der Waals surface area contributed by atoms with E-state index < -0.39 is 20.7 Å². The molecular weight excluding hydrogens is 200 g/mol. The van der Waals surface area contributed by atoms with Gasteiger partial charge >= 0.3 is 0 Å². The van der Waals surface area contributed by atoms with Crippen LogP contribution >= 0.6 is 0 Å². The van der Waals surface area contributed by atoms with Crippen molar-refractivity contribution in [3.63, 3.8) is 0 Å². The number of rotatable bonds is 5. The van der Waals surface area contributed by atoms with Crippen LogP contribution in [-0.4, -0.2) is 30.6 Å². The van der Waals surface area contributed by atoms with Crippen LogP contribution in [0.1, 0.15) is 40.5 Å². The van der Waals surface area contributed by atoms with E-state index in [2.05, 4.69) is 0 Å². The summed E-state index contributed by atoms with van der Waals surface area (Å²) in [5, 5.41) is 9.93. The maximum absolute atomic E-state index is 11.4. The lowest BCUT2D eigenvalue weighted by atomic mass is 9.91. The van der Waals surface area contributed by atoms with E-state index in [1.165, 1.54) is 6.26 Å². The molecule has 0 aromatic carbocycles. The highest BCUT2D eigenvalue weighted by Gasteiger charge is 2.40. The largest absolute Gasteiger partial charge is 0.391 e. The van der Waals surface area contributed by atoms with Gasteiger partial charge in [-0.05, 0) is 26.2 Å². The van der Waals surface area contributed by atoms with Crippen LogP contribution in [0.15, 0.2) is 0 Å². The molecule has 0 fully saturated rings. The quantitative estimate of drug-likeness (QED) is 0.769. The Kier molecular flexibility index (Phi) is 4.59. The van der Waals surface area contributed by atoms with Gasteiger partial charge in [0.15, 0.2) is 9.84 Å². The Labute approximate surface area is 87.4 Å². The van der Waals surface area contributed by atoms with E-state index in [-0.39, 0.29) is 5.92 Å². The first-order valence-electron chi connectivity index (χ1n) is 5.02. The lowest BCUT2D eigenvalue weighted by Crippen LogP contribution is -2.46. The molecule has 1 N–H and O–H groups in total. The van der Waals surface area contributed by atoms with Gasteiger partial charge in [0, 0.05) is 6.26 Å². The van der Waals surface area contributed by atoms with Gasteiger partial charge in [0.2, 0.25) is 0 Å². The smallest absolute Gasteiger partial charge is 0.155 e. The molecule has 0 aliphatic rings. The van der Waals surface area contributed by atoms with Crippen molar-refractivity contribution >= 4 is 9.84 Å². The minimum Gasteiger partial charge on any atom is -0.391 e. The van der Waals surface area contributed by atoms with Crippen molar-refractivity contribution in [2.45, 2.75) is 51.4 Å². The van der Waals surface area contributed by atoms with Crippen LogP contribution in [-0.2, 0) is 9.84 Å². The molecule has 0 bridgehead atoms. The topological polar surface area (TPSA) is 54.4 Å². The Balaban J connectivity index is 4.75. The Hall–Kier alpha value is -0.0900. The summed E-state index contributed by atoms with van der Waals surface area (Å²) in [6.07, 6.45) is 2.19. The Morgan fingerprint density at radius 2 is 1.79 bits per heavy atom. The fourth-order valence-electron chi connectivity index (χ4n) is 1.52. The van der Waals surface area contributed by atoms with E-state index in [4.69, 9.17) is 0 Å². The maximum Gasteiger partial charge on any atom is 0.155 e. The van der Waals surface area contributed by atoms with Gasteiger partial charge in [-0.25, -0.2) is 8.42 Å². The normalized spacial score (nSPS) is 17.9. The first kappa shape index (κ1) is 13.9. The van der Waals surface area contributed by atoms with Crippen molar-refractivity contribution in [2.75, 3.05) is 6.26 Å². The van der Waals surface area contributed by atoms with Crippen LogP contribution in [0.25, 0.3) is 0 Å². The summed E-state index contributed by atoms with van der Waals surface area (Å²) in [4.78, 5) is 0. The van der Waals surface area contributed by atoms with Crippen molar-refractivity contribution in [2.24, 2.45) is 5.92 Å². The molecule has 0 spiro atoms. The van der Waals surface area contributed by atoms with E-state index in [1.54, 1.807) is 13.8 Å². The monoisotopic (exact) mass is 222 g/mol. The van der Waals surface area contributed by atoms with Gasteiger partial charge in [-0.2, -0.15) is 0 Å². The van der Waals surface area contributed by atoms with Crippen molar-refractivity contribution in [1.29, 1.82) is 0 Å². The van der Waals surface area contributed by atoms with E-state index in [0.29, 0.717) is 0 Å². The molecule has 0 saturated carbocycles. The third kappa shape index (κ3) is 2.95. The second-order valence-electron chi connectivity index (χ2n) is 4.59. The third-order valence-corrected chi connectivity index (χ3v) is 5.10. The zero-order valence-corrected chi connectivity index (χ0v) is 10.6. The number of hydrogen-bond donors (Lipinski definition) is 1. The summed E-state index contributed by atoms with van der Waals surface area (Å²) in [7, 11) is -3.21. The molecule has 0 radical (unpaired) electrons. The molecule has 0 aliphatic carbocycles. The summed E-state index contributed by atoms with van der Waals surface area (Å²) in [6.45, 7) is 7.08. The van der Waals surface area contributed by atoms with Gasteiger partial charge in [-0.3, -0.25) is 0 Å². The maximum atomic E-state index is 11.4. The second kappa shape index (κ2) is 4.62. The van der Waals surface area contributed by atoms with E-state index in [0.717, 1.165) is 12.8 Å². The van der Waals surface area contributed by atoms with E-state index in [1.807, 2.05) is 13.8 Å². The zero-order chi connectivity index (χ0) is 11.6. The van der Waals surface area contributed by atoms with Gasteiger partial charge in [-0.1, -0.05) is 20.3 Å². The molecular formula is C10H22O3S. The molecule has 14 heavy (non-hydrogen) atoms. The van der Waals surface area contributed by atoms with Crippen molar-refractivity contribution in [3.8, 4) is 0 Å². The minimum atomic E-state index is -3.21. The SMILES string of the molecule is CCCC(C)C(O)C(C)(C)S(C)(=O)=O. The van der Waals surface area contributed by atoms with Gasteiger partial charge in [0.1, 0.15) is 0 Å². The summed E-state index contributed by atoms with van der Waals surface area (Å²) in [6, 6.07) is 0. The van der Waals surface area contributed by atoms with Crippen molar-refractivity contribution in [1.82, 2.24) is 0 Å². The van der Waals surface area contributed by atoms with Gasteiger partial charge in [0.05, 0.1) is 10.9 Å². The van der Waals surface area contributed by atoms with Crippen LogP contribution in [0.4, 0.5) is 0 Å². The molecule has 0 heterocycles. The second-order valence-corrected chi connectivity index (χ2v) is 7.18. The predicted molar refractivity (Wildman–Crippen MR) is 59.0 cm³/mol. The summed E-state index contributed by atoms with van der Waals surface area (Å²) < 4.78 is 21.8. The average molecular weight is 222 g/mol. The first-order chi connectivity index (χ1) is 6.14. The molecule has 4 heteroatoms. The lowest BCUT2D eigenvalue weighted by Gasteiger charge is -2.32. The summed E-state index contributed by atoms with van der Waals surface area (Å²) >= 11 is 0. The minimum absolute atomic E-state index is 0.0183. The molecule has 3 nitrogen and oxygen atoms in total. The lowest BCUT2D eigenvalue weighted by molar-refractivity contribution is 0.0795. The van der Waals surface area contributed by atoms with Gasteiger partial charge in [0.25, 0.3) is 0 Å². The molecule has 86 valence electrons. The highest BCUT2D eigenvalue weighted by atomic mass is 32.2. The molecule has 0 amide bonds. The van der Waals surface area contributed by atoms with Crippen molar-refractivity contribution < 1.29 is 13.5 Å². The van der Waals surface area contributed by atoms with Crippen LogP contribution < -0.4 is 0 Å². The highest BCUT2D eigenvalue weighted by Crippen LogP contribution is 2.27. The first-order valence-corrected chi connectivity index (χ1v) is 6.91. The molecule has 2 unspecified atom stereocenters. The Bertz CT molecular complexity index is 267. The van der Waals surface area contributed by atoms with Crippen LogP contribution in [0.3, 0.4) is 0 Å². The predicted octanol–water partition coefficient (Wildman–Crippen LogP) is 1.61. The molecule has 0 aromatic rings. The highest BCUT2D eigenvalue weighted by molar-refractivity contribution is 7.92. The number of hydrogen-bond acceptors (Lipinski definition) is 3. The number of sulfone groups is 1. The van der Waals surface area contributed by atoms with Gasteiger partial charge in [-0.15, -0.1) is 0 Å². The Morgan fingerprint density at radius 1 is 1.36 bits per heavy atom. The van der Waals surface area contributed by atoms with Crippen LogP contribution in [0.2, 0.25) is 0 Å². The van der Waals surface area contributed by atoms with E-state index in [9.17, 15) is 13.5 Å². The van der Waals surface area contributed by atoms with Crippen LogP contribution in [0, 0.1) is 5.92 Å². The van der Waals surface area contributed by atoms with E-state index >= 15 is 0 Å². The number of aliphatic hydroxyl groups excluding tert-OH is 1. The Morgan fingerprint density at radius 3 is 2.07 bits per heavy atom. The zero-order valence-electron chi connectivity index (χ0n) is 9.74. The summed E-state index contributed by atoms with van der Waals surface area (Å²) in [5.41, 5.74) is 0. The summed E-state index contributed by atoms with van der Waals surface area (Å²) in [5.74, 6) is 0.0183. The molecule has 0 saturated heterocycles. The average Bonchev–Trinajstić information content (AvgIpc) is 2.01. The van der Waals surface area contributed by atoms with Crippen molar-refractivity contribution in [3.05, 3.63) is 0 Å². The molecule has 0 aromatic heterocycles. The van der Waals surface area contributed by atoms with Gasteiger partial charge < -0.3 is 5.11 Å². The fraction of sp³-hybridized carbons (Fsp3) is 1.00. The fourth-order valence-corrected chi connectivity index (χ4v) is 2.19.